The van der Waals surface area contributed by atoms with Crippen LogP contribution in [0.5, 0.6) is 5.75 Å². The monoisotopic (exact) mass is 396 g/mol. The maximum absolute atomic E-state index is 13.2. The average molecular weight is 397 g/mol. The van der Waals surface area contributed by atoms with Crippen molar-refractivity contribution in [3.8, 4) is 5.75 Å². The first-order valence-corrected chi connectivity index (χ1v) is 10.2. The summed E-state index contributed by atoms with van der Waals surface area (Å²) in [7, 11) is 1.62. The molecule has 2 amide bonds. The topological polar surface area (TPSA) is 58.6 Å². The molecular formula is C24H32N2O3. The molecule has 0 radical (unpaired) electrons. The van der Waals surface area contributed by atoms with Gasteiger partial charge in [0.25, 0.3) is 0 Å². The number of aryl methyl sites for hydroxylation is 1. The van der Waals surface area contributed by atoms with Crippen molar-refractivity contribution in [2.45, 2.75) is 58.7 Å². The molecule has 2 aromatic carbocycles. The molecule has 0 heterocycles. The van der Waals surface area contributed by atoms with Crippen LogP contribution in [0.3, 0.4) is 0 Å². The SMILES string of the molecule is CCC(C(=O)NC(C)C)N(Cc1ccc(OC)cc1)C(=O)CCc1ccccc1. The van der Waals surface area contributed by atoms with Crippen LogP contribution in [0.15, 0.2) is 54.6 Å². The highest BCUT2D eigenvalue weighted by Gasteiger charge is 2.28. The van der Waals surface area contributed by atoms with E-state index in [-0.39, 0.29) is 17.9 Å². The number of carbonyl (C=O) groups is 2. The molecule has 156 valence electrons. The van der Waals surface area contributed by atoms with Crippen LogP contribution in [0, 0.1) is 0 Å². The van der Waals surface area contributed by atoms with Gasteiger partial charge in [-0.2, -0.15) is 0 Å². The lowest BCUT2D eigenvalue weighted by atomic mass is 10.1. The van der Waals surface area contributed by atoms with E-state index < -0.39 is 6.04 Å². The Balaban J connectivity index is 2.19. The number of carbonyl (C=O) groups excluding carboxylic acids is 2. The van der Waals surface area contributed by atoms with E-state index in [1.54, 1.807) is 12.0 Å². The van der Waals surface area contributed by atoms with Crippen LogP contribution < -0.4 is 10.1 Å². The third-order valence-corrected chi connectivity index (χ3v) is 4.80. The number of nitrogens with zero attached hydrogens (tertiary/aromatic N) is 1. The molecule has 0 aliphatic carbocycles. The van der Waals surface area contributed by atoms with Gasteiger partial charge in [-0.25, -0.2) is 0 Å². The highest BCUT2D eigenvalue weighted by atomic mass is 16.5. The average Bonchev–Trinajstić information content (AvgIpc) is 2.72. The van der Waals surface area contributed by atoms with Gasteiger partial charge >= 0.3 is 0 Å². The highest BCUT2D eigenvalue weighted by Crippen LogP contribution is 2.18. The molecule has 29 heavy (non-hydrogen) atoms. The van der Waals surface area contributed by atoms with E-state index >= 15 is 0 Å². The van der Waals surface area contributed by atoms with Crippen LogP contribution in [-0.4, -0.2) is 35.9 Å². The quantitative estimate of drug-likeness (QED) is 0.661. The van der Waals surface area contributed by atoms with Gasteiger partial charge in [-0.05, 0) is 49.9 Å². The molecule has 0 saturated carbocycles. The predicted molar refractivity (Wildman–Crippen MR) is 116 cm³/mol. The van der Waals surface area contributed by atoms with Crippen LogP contribution >= 0.6 is 0 Å². The van der Waals surface area contributed by atoms with Gasteiger partial charge in [0, 0.05) is 19.0 Å². The van der Waals surface area contributed by atoms with Crippen molar-refractivity contribution >= 4 is 11.8 Å². The Morgan fingerprint density at radius 1 is 1.00 bits per heavy atom. The summed E-state index contributed by atoms with van der Waals surface area (Å²) in [5.41, 5.74) is 2.08. The summed E-state index contributed by atoms with van der Waals surface area (Å²) in [6.07, 6.45) is 1.58. The number of methoxy groups -OCH3 is 1. The lowest BCUT2D eigenvalue weighted by Crippen LogP contribution is -2.50. The standard InChI is InChI=1S/C24H32N2O3/c1-5-22(24(28)25-18(2)3)26(17-20-11-14-21(29-4)15-12-20)23(27)16-13-19-9-7-6-8-10-19/h6-12,14-15,18,22H,5,13,16-17H2,1-4H3,(H,25,28). The molecule has 5 heteroatoms. The van der Waals surface area contributed by atoms with Crippen molar-refractivity contribution in [1.82, 2.24) is 10.2 Å². The number of ether oxygens (including phenoxy) is 1. The molecule has 0 fully saturated rings. The Kier molecular flexibility index (Phi) is 8.71. The van der Waals surface area contributed by atoms with Gasteiger partial charge in [0.15, 0.2) is 0 Å². The number of hydrogen-bond donors (Lipinski definition) is 1. The minimum Gasteiger partial charge on any atom is -0.497 e. The highest BCUT2D eigenvalue weighted by molar-refractivity contribution is 5.87. The van der Waals surface area contributed by atoms with Crippen LogP contribution in [0.1, 0.15) is 44.7 Å². The van der Waals surface area contributed by atoms with Crippen molar-refractivity contribution in [3.63, 3.8) is 0 Å². The summed E-state index contributed by atoms with van der Waals surface area (Å²) in [4.78, 5) is 27.6. The molecular weight excluding hydrogens is 364 g/mol. The zero-order valence-electron chi connectivity index (χ0n) is 17.9. The number of benzene rings is 2. The number of amides is 2. The molecule has 0 aromatic heterocycles. The van der Waals surface area contributed by atoms with Crippen molar-refractivity contribution in [1.29, 1.82) is 0 Å². The van der Waals surface area contributed by atoms with Crippen LogP contribution in [0.4, 0.5) is 0 Å². The summed E-state index contributed by atoms with van der Waals surface area (Å²) < 4.78 is 5.22. The van der Waals surface area contributed by atoms with E-state index in [4.69, 9.17) is 4.74 Å². The largest absolute Gasteiger partial charge is 0.497 e. The second-order valence-corrected chi connectivity index (χ2v) is 7.44. The first kappa shape index (κ1) is 22.5. The minimum absolute atomic E-state index is 0.0181. The van der Waals surface area contributed by atoms with Gasteiger partial charge < -0.3 is 15.0 Å². The van der Waals surface area contributed by atoms with Crippen molar-refractivity contribution in [2.24, 2.45) is 0 Å². The second kappa shape index (κ2) is 11.2. The Morgan fingerprint density at radius 3 is 2.21 bits per heavy atom. The van der Waals surface area contributed by atoms with Crippen LogP contribution in [0.2, 0.25) is 0 Å². The molecule has 2 aromatic rings. The Hall–Kier alpha value is -2.82. The van der Waals surface area contributed by atoms with E-state index in [0.29, 0.717) is 25.8 Å². The molecule has 0 aliphatic heterocycles. The maximum atomic E-state index is 13.2. The number of nitrogens with one attached hydrogen (secondary N) is 1. The van der Waals surface area contributed by atoms with Crippen LogP contribution in [0.25, 0.3) is 0 Å². The number of hydrogen-bond acceptors (Lipinski definition) is 3. The van der Waals surface area contributed by atoms with E-state index in [1.165, 1.54) is 0 Å². The van der Waals surface area contributed by atoms with Gasteiger partial charge in [-0.3, -0.25) is 9.59 Å². The lowest BCUT2D eigenvalue weighted by molar-refractivity contribution is -0.141. The molecule has 0 spiro atoms. The Morgan fingerprint density at radius 2 is 1.66 bits per heavy atom. The van der Waals surface area contributed by atoms with Gasteiger partial charge in [-0.1, -0.05) is 49.4 Å². The third-order valence-electron chi connectivity index (χ3n) is 4.80. The first-order valence-electron chi connectivity index (χ1n) is 10.2. The molecule has 0 aliphatic rings. The van der Waals surface area contributed by atoms with E-state index in [2.05, 4.69) is 5.32 Å². The normalized spacial score (nSPS) is 11.8. The fraction of sp³-hybridized carbons (Fsp3) is 0.417. The Bertz CT molecular complexity index is 772. The zero-order valence-corrected chi connectivity index (χ0v) is 17.9. The van der Waals surface area contributed by atoms with E-state index in [0.717, 1.165) is 16.9 Å². The third kappa shape index (κ3) is 6.93. The van der Waals surface area contributed by atoms with Crippen molar-refractivity contribution < 1.29 is 14.3 Å². The summed E-state index contributed by atoms with van der Waals surface area (Å²) in [6, 6.07) is 17.1. The first-order chi connectivity index (χ1) is 13.9. The Labute approximate surface area is 174 Å². The smallest absolute Gasteiger partial charge is 0.243 e. The number of rotatable bonds is 10. The van der Waals surface area contributed by atoms with Gasteiger partial charge in [-0.15, -0.1) is 0 Å². The fourth-order valence-electron chi connectivity index (χ4n) is 3.27. The molecule has 0 bridgehead atoms. The summed E-state index contributed by atoms with van der Waals surface area (Å²) >= 11 is 0. The second-order valence-electron chi connectivity index (χ2n) is 7.44. The van der Waals surface area contributed by atoms with Crippen molar-refractivity contribution in [2.75, 3.05) is 7.11 Å². The minimum atomic E-state index is -0.497. The summed E-state index contributed by atoms with van der Waals surface area (Å²) in [5.74, 6) is 0.639. The molecule has 0 saturated heterocycles. The maximum Gasteiger partial charge on any atom is 0.243 e. The molecule has 1 N–H and O–H groups in total. The molecule has 1 atom stereocenters. The molecule has 2 rings (SSSR count). The van der Waals surface area contributed by atoms with Gasteiger partial charge in [0.1, 0.15) is 11.8 Å². The van der Waals surface area contributed by atoms with Gasteiger partial charge in [0.05, 0.1) is 7.11 Å². The van der Waals surface area contributed by atoms with Crippen molar-refractivity contribution in [3.05, 3.63) is 65.7 Å². The van der Waals surface area contributed by atoms with E-state index in [9.17, 15) is 9.59 Å². The zero-order chi connectivity index (χ0) is 21.2. The van der Waals surface area contributed by atoms with Crippen LogP contribution in [-0.2, 0) is 22.6 Å². The lowest BCUT2D eigenvalue weighted by Gasteiger charge is -2.31. The fourth-order valence-corrected chi connectivity index (χ4v) is 3.27. The van der Waals surface area contributed by atoms with E-state index in [1.807, 2.05) is 75.4 Å². The molecule has 5 nitrogen and oxygen atoms in total. The predicted octanol–water partition coefficient (Wildman–Crippen LogP) is 3.96. The summed E-state index contributed by atoms with van der Waals surface area (Å²) in [6.45, 7) is 6.18. The summed E-state index contributed by atoms with van der Waals surface area (Å²) in [5, 5.41) is 2.95. The van der Waals surface area contributed by atoms with Gasteiger partial charge in [0.2, 0.25) is 11.8 Å². The molecule has 1 unspecified atom stereocenters.